The number of aromatic nitrogens is 1. The van der Waals surface area contributed by atoms with Gasteiger partial charge in [-0.15, -0.1) is 0 Å². The highest BCUT2D eigenvalue weighted by Crippen LogP contribution is 2.32. The number of aryl methyl sites for hydroxylation is 3. The average Bonchev–Trinajstić information content (AvgIpc) is 3.09. The molecule has 1 unspecified atom stereocenters. The van der Waals surface area contributed by atoms with E-state index in [4.69, 9.17) is 0 Å². The maximum Gasteiger partial charge on any atom is 0.267 e. The van der Waals surface area contributed by atoms with Crippen LogP contribution in [0, 0.1) is 0 Å². The van der Waals surface area contributed by atoms with E-state index in [1.165, 1.54) is 73.3 Å². The summed E-state index contributed by atoms with van der Waals surface area (Å²) in [5, 5.41) is 1.74. The number of nitrogens with zero attached hydrogens (tertiary/aromatic N) is 1. The molecule has 4 nitrogen and oxygen atoms in total. The van der Waals surface area contributed by atoms with Gasteiger partial charge in [-0.3, -0.25) is 4.55 Å². The molecule has 0 aliphatic rings. The highest BCUT2D eigenvalue weighted by molar-refractivity contribution is 7.86. The Morgan fingerprint density at radius 1 is 0.788 bits per heavy atom. The number of hydrogen-bond acceptors (Lipinski definition) is 2. The van der Waals surface area contributed by atoms with Crippen molar-refractivity contribution < 1.29 is 13.0 Å². The van der Waals surface area contributed by atoms with E-state index in [0.717, 1.165) is 23.9 Å². The Morgan fingerprint density at radius 2 is 1.27 bits per heavy atom. The van der Waals surface area contributed by atoms with Gasteiger partial charge in [0.1, 0.15) is 0 Å². The Balaban J connectivity index is 1.94. The molecule has 1 heterocycles. The lowest BCUT2D eigenvalue weighted by atomic mass is 10.0. The molecule has 5 heteroatoms. The van der Waals surface area contributed by atoms with E-state index in [0.29, 0.717) is 13.0 Å². The molecule has 1 N–H and O–H groups in total. The zero-order valence-corrected chi connectivity index (χ0v) is 21.5. The van der Waals surface area contributed by atoms with Gasteiger partial charge in [-0.05, 0) is 74.4 Å². The first-order valence-corrected chi connectivity index (χ1v) is 14.4. The quantitative estimate of drug-likeness (QED) is 0.193. The summed E-state index contributed by atoms with van der Waals surface area (Å²) in [6.07, 6.45) is 12.6. The normalized spacial score (nSPS) is 13.2. The summed E-state index contributed by atoms with van der Waals surface area (Å²) in [7, 11) is -4.02. The Hall–Kier alpha value is -1.85. The van der Waals surface area contributed by atoms with Crippen LogP contribution in [0.3, 0.4) is 0 Å². The monoisotopic (exact) mass is 471 g/mol. The fourth-order valence-corrected chi connectivity index (χ4v) is 5.13. The van der Waals surface area contributed by atoms with Crippen molar-refractivity contribution in [2.75, 3.05) is 0 Å². The minimum absolute atomic E-state index is 0.384. The van der Waals surface area contributed by atoms with E-state index in [9.17, 15) is 13.0 Å². The van der Waals surface area contributed by atoms with Crippen LogP contribution in [0.4, 0.5) is 0 Å². The predicted octanol–water partition coefficient (Wildman–Crippen LogP) is 7.71. The van der Waals surface area contributed by atoms with Crippen molar-refractivity contribution in [2.45, 2.75) is 103 Å². The van der Waals surface area contributed by atoms with Crippen LogP contribution in [0.1, 0.15) is 89.7 Å². The maximum absolute atomic E-state index is 11.5. The van der Waals surface area contributed by atoms with Gasteiger partial charge in [0, 0.05) is 28.4 Å². The van der Waals surface area contributed by atoms with Gasteiger partial charge in [0.05, 0.1) is 5.25 Å². The number of rotatable bonds is 14. The first-order valence-electron chi connectivity index (χ1n) is 12.8. The molecule has 1 aromatic heterocycles. The van der Waals surface area contributed by atoms with E-state index in [-0.39, 0.29) is 0 Å². The molecule has 0 aliphatic carbocycles. The summed E-state index contributed by atoms with van der Waals surface area (Å²) < 4.78 is 34.7. The molecule has 0 saturated heterocycles. The number of fused-ring (bicyclic) bond motifs is 3. The standard InChI is InChI=1S/C28H41NO3S/c1-4-6-8-10-12-23-14-16-27-25(20-23)26-21-24(13-11-9-7-5-2)15-17-28(26)29(27)19-18-22(3)33(30,31)32/h14-17,20-22H,4-13,18-19H2,1-3H3,(H,30,31,32). The van der Waals surface area contributed by atoms with E-state index in [1.807, 2.05) is 0 Å². The summed E-state index contributed by atoms with van der Waals surface area (Å²) in [6.45, 7) is 6.62. The smallest absolute Gasteiger partial charge is 0.267 e. The molecule has 0 saturated carbocycles. The van der Waals surface area contributed by atoms with Gasteiger partial charge in [-0.25, -0.2) is 0 Å². The molecular weight excluding hydrogens is 430 g/mol. The summed E-state index contributed by atoms with van der Waals surface area (Å²) in [5.41, 5.74) is 5.04. The highest BCUT2D eigenvalue weighted by Gasteiger charge is 2.19. The minimum atomic E-state index is -4.02. The van der Waals surface area contributed by atoms with Crippen LogP contribution in [-0.2, 0) is 29.5 Å². The first-order chi connectivity index (χ1) is 15.8. The van der Waals surface area contributed by atoms with E-state index in [1.54, 1.807) is 6.92 Å². The van der Waals surface area contributed by atoms with Gasteiger partial charge >= 0.3 is 0 Å². The number of hydrogen-bond donors (Lipinski definition) is 1. The van der Waals surface area contributed by atoms with Crippen LogP contribution in [-0.4, -0.2) is 22.8 Å². The second-order valence-corrected chi connectivity index (χ2v) is 11.4. The molecular formula is C28H41NO3S. The number of unbranched alkanes of at least 4 members (excludes halogenated alkanes) is 6. The summed E-state index contributed by atoms with van der Waals surface area (Å²) >= 11 is 0. The third kappa shape index (κ3) is 6.83. The van der Waals surface area contributed by atoms with Crippen molar-refractivity contribution in [3.63, 3.8) is 0 Å². The van der Waals surface area contributed by atoms with Crippen LogP contribution in [0.25, 0.3) is 21.8 Å². The van der Waals surface area contributed by atoms with Crippen LogP contribution >= 0.6 is 0 Å². The van der Waals surface area contributed by atoms with E-state index >= 15 is 0 Å². The molecule has 182 valence electrons. The lowest BCUT2D eigenvalue weighted by molar-refractivity contribution is 0.462. The molecule has 3 aromatic rings. The second kappa shape index (κ2) is 12.0. The second-order valence-electron chi connectivity index (χ2n) is 9.59. The molecule has 0 radical (unpaired) electrons. The lowest BCUT2D eigenvalue weighted by Gasteiger charge is -2.11. The Bertz CT molecular complexity index is 1080. The van der Waals surface area contributed by atoms with Gasteiger partial charge < -0.3 is 4.57 Å². The van der Waals surface area contributed by atoms with E-state index < -0.39 is 15.4 Å². The zero-order valence-electron chi connectivity index (χ0n) is 20.6. The Kier molecular flexibility index (Phi) is 9.39. The first kappa shape index (κ1) is 25.8. The Morgan fingerprint density at radius 3 is 1.70 bits per heavy atom. The summed E-state index contributed by atoms with van der Waals surface area (Å²) in [6, 6.07) is 13.5. The average molecular weight is 472 g/mol. The Labute approximate surface area is 200 Å². The van der Waals surface area contributed by atoms with Crippen LogP contribution < -0.4 is 0 Å². The fourth-order valence-electron chi connectivity index (χ4n) is 4.72. The molecule has 3 rings (SSSR count). The van der Waals surface area contributed by atoms with Gasteiger partial charge in [0.2, 0.25) is 0 Å². The molecule has 1 atom stereocenters. The van der Waals surface area contributed by atoms with Crippen LogP contribution in [0.2, 0.25) is 0 Å². The third-order valence-electron chi connectivity index (χ3n) is 6.90. The van der Waals surface area contributed by atoms with Crippen molar-refractivity contribution in [3.8, 4) is 0 Å². The summed E-state index contributed by atoms with van der Waals surface area (Å²) in [4.78, 5) is 0. The van der Waals surface area contributed by atoms with Crippen molar-refractivity contribution in [2.24, 2.45) is 0 Å². The van der Waals surface area contributed by atoms with Crippen LogP contribution in [0.15, 0.2) is 36.4 Å². The molecule has 0 fully saturated rings. The minimum Gasteiger partial charge on any atom is -0.340 e. The highest BCUT2D eigenvalue weighted by atomic mass is 32.2. The van der Waals surface area contributed by atoms with Crippen LogP contribution in [0.5, 0.6) is 0 Å². The topological polar surface area (TPSA) is 59.3 Å². The van der Waals surface area contributed by atoms with Gasteiger partial charge in [-0.2, -0.15) is 8.42 Å². The van der Waals surface area contributed by atoms with Gasteiger partial charge in [0.15, 0.2) is 0 Å². The molecule has 0 spiro atoms. The third-order valence-corrected chi connectivity index (χ3v) is 8.15. The lowest BCUT2D eigenvalue weighted by Crippen LogP contribution is -2.18. The predicted molar refractivity (Wildman–Crippen MR) is 141 cm³/mol. The number of benzene rings is 2. The molecule has 0 amide bonds. The summed E-state index contributed by atoms with van der Waals surface area (Å²) in [5.74, 6) is 0. The van der Waals surface area contributed by atoms with Crippen molar-refractivity contribution in [3.05, 3.63) is 47.5 Å². The molecule has 0 bridgehead atoms. The van der Waals surface area contributed by atoms with Gasteiger partial charge in [0.25, 0.3) is 10.1 Å². The van der Waals surface area contributed by atoms with E-state index in [2.05, 4.69) is 54.8 Å². The van der Waals surface area contributed by atoms with Gasteiger partial charge in [-0.1, -0.05) is 64.5 Å². The van der Waals surface area contributed by atoms with Crippen molar-refractivity contribution >= 4 is 31.9 Å². The SMILES string of the molecule is CCCCCCc1ccc2c(c1)c1cc(CCCCCC)ccc1n2CCC(C)S(=O)(=O)O. The molecule has 2 aromatic carbocycles. The van der Waals surface area contributed by atoms with Crippen molar-refractivity contribution in [1.82, 2.24) is 4.57 Å². The maximum atomic E-state index is 11.5. The van der Waals surface area contributed by atoms with Crippen molar-refractivity contribution in [1.29, 1.82) is 0 Å². The molecule has 33 heavy (non-hydrogen) atoms. The fraction of sp³-hybridized carbons (Fsp3) is 0.571. The molecule has 0 aliphatic heterocycles. The zero-order chi connectivity index (χ0) is 23.8. The largest absolute Gasteiger partial charge is 0.340 e.